The summed E-state index contributed by atoms with van der Waals surface area (Å²) in [5.41, 5.74) is -0.945. The van der Waals surface area contributed by atoms with Crippen LogP contribution in [0.4, 0.5) is 0 Å². The van der Waals surface area contributed by atoms with Crippen LogP contribution in [0.2, 0.25) is 0 Å². The highest BCUT2D eigenvalue weighted by Crippen LogP contribution is 2.32. The third-order valence-electron chi connectivity index (χ3n) is 4.85. The molecule has 2 N–H and O–H groups in total. The lowest BCUT2D eigenvalue weighted by Crippen LogP contribution is -2.57. The van der Waals surface area contributed by atoms with E-state index in [1.165, 1.54) is 0 Å². The number of aromatic nitrogens is 2. The summed E-state index contributed by atoms with van der Waals surface area (Å²) in [7, 11) is 0. The first-order chi connectivity index (χ1) is 9.74. The molecule has 7 heteroatoms. The summed E-state index contributed by atoms with van der Waals surface area (Å²) in [4.78, 5) is 9.39. The highest BCUT2D eigenvalue weighted by molar-refractivity contribution is 5.06. The molecule has 1 atom stereocenters. The summed E-state index contributed by atoms with van der Waals surface area (Å²) in [5.74, 6) is 1.13. The predicted molar refractivity (Wildman–Crippen MR) is 71.1 cm³/mol. The van der Waals surface area contributed by atoms with Crippen molar-refractivity contribution in [2.24, 2.45) is 0 Å². The first-order valence-corrected chi connectivity index (χ1v) is 7.48. The molecule has 5 heterocycles. The molecule has 0 aromatic carbocycles. The topological polar surface area (TPSA) is 77.7 Å². The van der Waals surface area contributed by atoms with Gasteiger partial charge in [0.25, 0.3) is 5.89 Å². The average Bonchev–Trinajstić information content (AvgIpc) is 3.00. The van der Waals surface area contributed by atoms with E-state index in [4.69, 9.17) is 4.52 Å². The Bertz CT molecular complexity index is 477. The second kappa shape index (κ2) is 4.77. The molecule has 5 rings (SSSR count). The molecule has 1 unspecified atom stereocenters. The number of piperidine rings is 1. The Hall–Kier alpha value is -1.02. The normalized spacial score (nSPS) is 36.1. The Morgan fingerprint density at radius 2 is 1.95 bits per heavy atom. The highest BCUT2D eigenvalue weighted by atomic mass is 16.5. The Balaban J connectivity index is 1.56. The zero-order chi connectivity index (χ0) is 13.6. The molecule has 4 saturated heterocycles. The Morgan fingerprint density at radius 1 is 1.20 bits per heavy atom. The van der Waals surface area contributed by atoms with Crippen molar-refractivity contribution in [2.45, 2.75) is 24.5 Å². The molecule has 4 fully saturated rings. The van der Waals surface area contributed by atoms with Crippen LogP contribution in [0.25, 0.3) is 0 Å². The van der Waals surface area contributed by atoms with Gasteiger partial charge in [-0.15, -0.1) is 0 Å². The zero-order valence-corrected chi connectivity index (χ0v) is 11.6. The third-order valence-corrected chi connectivity index (χ3v) is 4.85. The minimum atomic E-state index is -0.945. The number of aliphatic hydroxyl groups is 1. The molecule has 7 nitrogen and oxygen atoms in total. The van der Waals surface area contributed by atoms with E-state index in [2.05, 4.69) is 25.3 Å². The molecule has 2 bridgehead atoms. The lowest BCUT2D eigenvalue weighted by molar-refractivity contribution is -0.0228. The van der Waals surface area contributed by atoms with Crippen molar-refractivity contribution in [1.29, 1.82) is 0 Å². The van der Waals surface area contributed by atoms with Gasteiger partial charge in [0.2, 0.25) is 0 Å². The van der Waals surface area contributed by atoms with Crippen molar-refractivity contribution < 1.29 is 9.63 Å². The van der Waals surface area contributed by atoms with Crippen LogP contribution in [0, 0.1) is 0 Å². The van der Waals surface area contributed by atoms with Gasteiger partial charge >= 0.3 is 0 Å². The van der Waals surface area contributed by atoms with Crippen LogP contribution in [0.5, 0.6) is 0 Å². The van der Waals surface area contributed by atoms with Crippen molar-refractivity contribution in [2.75, 3.05) is 45.8 Å². The number of fused-ring (bicyclic) bond motifs is 3. The minimum Gasteiger partial charge on any atom is -0.380 e. The van der Waals surface area contributed by atoms with Gasteiger partial charge in [0.15, 0.2) is 5.82 Å². The molecular formula is C13H21N5O2. The molecule has 4 aliphatic heterocycles. The van der Waals surface area contributed by atoms with E-state index in [0.29, 0.717) is 18.7 Å². The van der Waals surface area contributed by atoms with E-state index < -0.39 is 5.60 Å². The lowest BCUT2D eigenvalue weighted by atomic mass is 9.92. The molecule has 0 amide bonds. The summed E-state index contributed by atoms with van der Waals surface area (Å²) in [6.45, 7) is 6.97. The molecular weight excluding hydrogens is 258 g/mol. The van der Waals surface area contributed by atoms with Gasteiger partial charge in [0.1, 0.15) is 5.60 Å². The van der Waals surface area contributed by atoms with Crippen molar-refractivity contribution in [3.63, 3.8) is 0 Å². The lowest BCUT2D eigenvalue weighted by Gasteiger charge is -2.46. The van der Waals surface area contributed by atoms with Gasteiger partial charge in [-0.05, 0) is 25.9 Å². The fourth-order valence-corrected chi connectivity index (χ4v) is 3.48. The summed E-state index contributed by atoms with van der Waals surface area (Å²) >= 11 is 0. The van der Waals surface area contributed by atoms with E-state index in [1.54, 1.807) is 0 Å². The van der Waals surface area contributed by atoms with E-state index >= 15 is 0 Å². The van der Waals surface area contributed by atoms with Gasteiger partial charge < -0.3 is 14.9 Å². The minimum absolute atomic E-state index is 0.223. The molecule has 0 spiro atoms. The van der Waals surface area contributed by atoms with Crippen LogP contribution in [0.3, 0.4) is 0 Å². The second-order valence-electron chi connectivity index (χ2n) is 6.09. The Morgan fingerprint density at radius 3 is 2.60 bits per heavy atom. The van der Waals surface area contributed by atoms with Gasteiger partial charge in [-0.2, -0.15) is 4.98 Å². The van der Waals surface area contributed by atoms with Crippen LogP contribution >= 0.6 is 0 Å². The molecule has 1 aromatic rings. The number of nitrogens with one attached hydrogen (secondary N) is 1. The van der Waals surface area contributed by atoms with Gasteiger partial charge in [-0.3, -0.25) is 9.80 Å². The molecule has 110 valence electrons. The first-order valence-electron chi connectivity index (χ1n) is 7.48. The molecule has 4 aliphatic rings. The SMILES string of the molecule is OC1(c2nc(C3CN4CCN3CC4)no2)CCNCC1. The van der Waals surface area contributed by atoms with Crippen LogP contribution in [0.15, 0.2) is 4.52 Å². The molecule has 0 radical (unpaired) electrons. The predicted octanol–water partition coefficient (Wildman–Crippen LogP) is -0.687. The largest absolute Gasteiger partial charge is 0.380 e. The number of hydrogen-bond acceptors (Lipinski definition) is 7. The first kappa shape index (κ1) is 12.7. The summed E-state index contributed by atoms with van der Waals surface area (Å²) in [6.07, 6.45) is 1.27. The Kier molecular flexibility index (Phi) is 3.03. The van der Waals surface area contributed by atoms with Crippen molar-refractivity contribution in [3.05, 3.63) is 11.7 Å². The Labute approximate surface area is 117 Å². The van der Waals surface area contributed by atoms with Gasteiger partial charge in [0, 0.05) is 32.7 Å². The number of piperazine rings is 3. The number of nitrogens with zero attached hydrogens (tertiary/aromatic N) is 4. The molecule has 1 aromatic heterocycles. The van der Waals surface area contributed by atoms with Crippen LogP contribution in [-0.2, 0) is 5.60 Å². The summed E-state index contributed by atoms with van der Waals surface area (Å²) < 4.78 is 5.38. The van der Waals surface area contributed by atoms with E-state index in [0.717, 1.165) is 51.6 Å². The molecule has 0 saturated carbocycles. The van der Waals surface area contributed by atoms with E-state index in [-0.39, 0.29) is 6.04 Å². The maximum atomic E-state index is 10.6. The summed E-state index contributed by atoms with van der Waals surface area (Å²) in [6, 6.07) is 0.223. The van der Waals surface area contributed by atoms with E-state index in [9.17, 15) is 5.11 Å². The monoisotopic (exact) mass is 279 g/mol. The molecule has 0 aliphatic carbocycles. The van der Waals surface area contributed by atoms with E-state index in [1.807, 2.05) is 0 Å². The third kappa shape index (κ3) is 2.05. The van der Waals surface area contributed by atoms with Gasteiger partial charge in [-0.25, -0.2) is 0 Å². The quantitative estimate of drug-likeness (QED) is 0.742. The summed E-state index contributed by atoms with van der Waals surface area (Å²) in [5, 5.41) is 18.0. The van der Waals surface area contributed by atoms with Crippen molar-refractivity contribution in [1.82, 2.24) is 25.3 Å². The van der Waals surface area contributed by atoms with Crippen molar-refractivity contribution >= 4 is 0 Å². The maximum Gasteiger partial charge on any atom is 0.258 e. The van der Waals surface area contributed by atoms with Crippen molar-refractivity contribution in [3.8, 4) is 0 Å². The second-order valence-corrected chi connectivity index (χ2v) is 6.09. The molecule has 20 heavy (non-hydrogen) atoms. The smallest absolute Gasteiger partial charge is 0.258 e. The zero-order valence-electron chi connectivity index (χ0n) is 11.6. The number of hydrogen-bond donors (Lipinski definition) is 2. The van der Waals surface area contributed by atoms with Crippen LogP contribution in [0.1, 0.15) is 30.6 Å². The fraction of sp³-hybridized carbons (Fsp3) is 0.846. The number of rotatable bonds is 2. The standard InChI is InChI=1S/C13H21N5O2/c19-13(1-3-14-4-2-13)12-15-11(16-20-12)10-9-17-5-7-18(10)8-6-17/h10,14,19H,1-9H2. The van der Waals surface area contributed by atoms with Crippen LogP contribution < -0.4 is 5.32 Å². The van der Waals surface area contributed by atoms with Crippen LogP contribution in [-0.4, -0.2) is 70.9 Å². The average molecular weight is 279 g/mol. The van der Waals surface area contributed by atoms with Gasteiger partial charge in [-0.1, -0.05) is 5.16 Å². The van der Waals surface area contributed by atoms with Gasteiger partial charge in [0.05, 0.1) is 6.04 Å². The fourth-order valence-electron chi connectivity index (χ4n) is 3.48. The highest BCUT2D eigenvalue weighted by Gasteiger charge is 2.40. The maximum absolute atomic E-state index is 10.6.